The van der Waals surface area contributed by atoms with Crippen LogP contribution in [0.15, 0.2) is 29.8 Å². The first kappa shape index (κ1) is 13.9. The van der Waals surface area contributed by atoms with E-state index in [-0.39, 0.29) is 0 Å². The lowest BCUT2D eigenvalue weighted by molar-refractivity contribution is 0.200. The van der Waals surface area contributed by atoms with E-state index < -0.39 is 0 Å². The van der Waals surface area contributed by atoms with Gasteiger partial charge in [0.15, 0.2) is 0 Å². The molecule has 1 rings (SSSR count). The molecule has 2 heteroatoms. The zero-order chi connectivity index (χ0) is 12.5. The van der Waals surface area contributed by atoms with Crippen LogP contribution >= 0.6 is 0 Å². The van der Waals surface area contributed by atoms with Crippen LogP contribution in [0.25, 0.3) is 6.08 Å². The fourth-order valence-corrected chi connectivity index (χ4v) is 1.70. The fourth-order valence-electron chi connectivity index (χ4n) is 1.70. The van der Waals surface area contributed by atoms with Crippen LogP contribution in [0.1, 0.15) is 24.5 Å². The molecule has 0 heterocycles. The zero-order valence-corrected chi connectivity index (χ0v) is 11.1. The van der Waals surface area contributed by atoms with Gasteiger partial charge in [0.2, 0.25) is 0 Å². The normalized spacial score (nSPS) is 11.8. The minimum atomic E-state index is 0.765. The van der Waals surface area contributed by atoms with Gasteiger partial charge in [0.05, 0.1) is 6.61 Å². The second-order valence-electron chi connectivity index (χ2n) is 4.24. The molecule has 94 valence electrons. The van der Waals surface area contributed by atoms with E-state index in [1.54, 1.807) is 7.11 Å². The van der Waals surface area contributed by atoms with E-state index in [1.165, 1.54) is 16.7 Å². The Morgan fingerprint density at radius 1 is 1.41 bits per heavy atom. The summed E-state index contributed by atoms with van der Waals surface area (Å²) in [5.74, 6) is 0. The highest BCUT2D eigenvalue weighted by atomic mass is 16.5. The summed E-state index contributed by atoms with van der Waals surface area (Å²) in [7, 11) is 1.73. The van der Waals surface area contributed by atoms with Gasteiger partial charge >= 0.3 is 0 Å². The van der Waals surface area contributed by atoms with E-state index in [0.717, 1.165) is 26.1 Å². The van der Waals surface area contributed by atoms with Crippen LogP contribution in [0.3, 0.4) is 0 Å². The fraction of sp³-hybridized carbons (Fsp3) is 0.467. The highest BCUT2D eigenvalue weighted by Crippen LogP contribution is 2.10. The zero-order valence-electron chi connectivity index (χ0n) is 11.1. The summed E-state index contributed by atoms with van der Waals surface area (Å²) in [6.45, 7) is 6.93. The number of rotatable bonds is 7. The molecule has 0 aliphatic rings. The van der Waals surface area contributed by atoms with Gasteiger partial charge in [-0.05, 0) is 18.9 Å². The number of aryl methyl sites for hydroxylation is 1. The molecule has 0 saturated heterocycles. The summed E-state index contributed by atoms with van der Waals surface area (Å²) in [6, 6.07) is 8.59. The Morgan fingerprint density at radius 2 is 2.24 bits per heavy atom. The van der Waals surface area contributed by atoms with Crippen molar-refractivity contribution in [2.45, 2.75) is 20.3 Å². The predicted octanol–water partition coefficient (Wildman–Crippen LogP) is 3.02. The molecule has 0 unspecified atom stereocenters. The number of methoxy groups -OCH3 is 1. The second kappa shape index (κ2) is 8.04. The molecule has 0 amide bonds. The van der Waals surface area contributed by atoms with Crippen molar-refractivity contribution >= 4 is 6.08 Å². The molecule has 0 aliphatic carbocycles. The average molecular weight is 233 g/mol. The Bertz CT molecular complexity index is 358. The van der Waals surface area contributed by atoms with Gasteiger partial charge in [-0.15, -0.1) is 0 Å². The van der Waals surface area contributed by atoms with Gasteiger partial charge in [0.1, 0.15) is 0 Å². The third-order valence-electron chi connectivity index (χ3n) is 2.70. The van der Waals surface area contributed by atoms with Gasteiger partial charge in [-0.3, -0.25) is 0 Å². The highest BCUT2D eigenvalue weighted by Gasteiger charge is 1.96. The summed E-state index contributed by atoms with van der Waals surface area (Å²) >= 11 is 0. The quantitative estimate of drug-likeness (QED) is 0.731. The lowest BCUT2D eigenvalue weighted by Gasteiger charge is -2.07. The minimum absolute atomic E-state index is 0.765. The van der Waals surface area contributed by atoms with Crippen molar-refractivity contribution in [1.82, 2.24) is 5.32 Å². The van der Waals surface area contributed by atoms with Gasteiger partial charge in [-0.25, -0.2) is 0 Å². The van der Waals surface area contributed by atoms with Crippen molar-refractivity contribution in [2.75, 3.05) is 26.8 Å². The SMILES string of the molecule is CCC(=Cc1cccc(C)c1)CNCCOC. The molecular formula is C15H23NO. The molecule has 0 fully saturated rings. The van der Waals surface area contributed by atoms with E-state index >= 15 is 0 Å². The van der Waals surface area contributed by atoms with Crippen LogP contribution in [0.4, 0.5) is 0 Å². The molecule has 17 heavy (non-hydrogen) atoms. The maximum Gasteiger partial charge on any atom is 0.0587 e. The van der Waals surface area contributed by atoms with Crippen molar-refractivity contribution < 1.29 is 4.74 Å². The van der Waals surface area contributed by atoms with Crippen LogP contribution < -0.4 is 5.32 Å². The van der Waals surface area contributed by atoms with E-state index in [4.69, 9.17) is 4.74 Å². The van der Waals surface area contributed by atoms with Gasteiger partial charge in [0.25, 0.3) is 0 Å². The van der Waals surface area contributed by atoms with Crippen molar-refractivity contribution in [1.29, 1.82) is 0 Å². The Morgan fingerprint density at radius 3 is 2.88 bits per heavy atom. The van der Waals surface area contributed by atoms with E-state index in [0.29, 0.717) is 0 Å². The van der Waals surface area contributed by atoms with Crippen LogP contribution in [0.2, 0.25) is 0 Å². The van der Waals surface area contributed by atoms with E-state index in [1.807, 2.05) is 0 Å². The molecular weight excluding hydrogens is 210 g/mol. The molecule has 0 aliphatic heterocycles. The maximum atomic E-state index is 5.01. The number of nitrogens with one attached hydrogen (secondary N) is 1. The third-order valence-corrected chi connectivity index (χ3v) is 2.70. The molecule has 0 saturated carbocycles. The summed E-state index contributed by atoms with van der Waals surface area (Å²) in [5.41, 5.74) is 4.02. The summed E-state index contributed by atoms with van der Waals surface area (Å²) in [4.78, 5) is 0. The lowest BCUT2D eigenvalue weighted by Crippen LogP contribution is -2.21. The molecule has 0 aromatic heterocycles. The molecule has 0 bridgehead atoms. The summed E-state index contributed by atoms with van der Waals surface area (Å²) in [5, 5.41) is 3.38. The number of hydrogen-bond donors (Lipinski definition) is 1. The van der Waals surface area contributed by atoms with Crippen molar-refractivity contribution in [2.24, 2.45) is 0 Å². The summed E-state index contributed by atoms with van der Waals surface area (Å²) < 4.78 is 5.01. The minimum Gasteiger partial charge on any atom is -0.383 e. The Balaban J connectivity index is 2.54. The van der Waals surface area contributed by atoms with Crippen LogP contribution in [0, 0.1) is 6.92 Å². The second-order valence-corrected chi connectivity index (χ2v) is 4.24. The van der Waals surface area contributed by atoms with Gasteiger partial charge < -0.3 is 10.1 Å². The van der Waals surface area contributed by atoms with E-state index in [2.05, 4.69) is 49.5 Å². The molecule has 1 N–H and O–H groups in total. The van der Waals surface area contributed by atoms with Crippen LogP contribution in [-0.4, -0.2) is 26.8 Å². The van der Waals surface area contributed by atoms with Gasteiger partial charge in [-0.2, -0.15) is 0 Å². The van der Waals surface area contributed by atoms with E-state index in [9.17, 15) is 0 Å². The number of benzene rings is 1. The Hall–Kier alpha value is -1.12. The Labute approximate surface area is 105 Å². The monoisotopic (exact) mass is 233 g/mol. The first-order chi connectivity index (χ1) is 8.26. The van der Waals surface area contributed by atoms with Crippen LogP contribution in [0.5, 0.6) is 0 Å². The number of hydrogen-bond acceptors (Lipinski definition) is 2. The number of ether oxygens (including phenoxy) is 1. The lowest BCUT2D eigenvalue weighted by atomic mass is 10.1. The molecule has 0 radical (unpaired) electrons. The Kier molecular flexibility index (Phi) is 6.60. The van der Waals surface area contributed by atoms with Gasteiger partial charge in [-0.1, -0.05) is 48.4 Å². The molecule has 0 spiro atoms. The first-order valence-electron chi connectivity index (χ1n) is 6.22. The first-order valence-corrected chi connectivity index (χ1v) is 6.22. The standard InChI is InChI=1S/C15H23NO/c1-4-14(12-16-8-9-17-3)11-15-7-5-6-13(2)10-15/h5-7,10-11,16H,4,8-9,12H2,1-3H3. The van der Waals surface area contributed by atoms with Crippen molar-refractivity contribution in [3.63, 3.8) is 0 Å². The molecule has 1 aromatic carbocycles. The smallest absolute Gasteiger partial charge is 0.0587 e. The predicted molar refractivity (Wildman–Crippen MR) is 74.2 cm³/mol. The van der Waals surface area contributed by atoms with Gasteiger partial charge in [0, 0.05) is 20.2 Å². The molecule has 2 nitrogen and oxygen atoms in total. The van der Waals surface area contributed by atoms with Crippen LogP contribution in [-0.2, 0) is 4.74 Å². The summed E-state index contributed by atoms with van der Waals surface area (Å²) in [6.07, 6.45) is 3.35. The highest BCUT2D eigenvalue weighted by molar-refractivity contribution is 5.54. The third kappa shape index (κ3) is 5.66. The van der Waals surface area contributed by atoms with Crippen molar-refractivity contribution in [3.05, 3.63) is 41.0 Å². The molecule has 0 atom stereocenters. The van der Waals surface area contributed by atoms with Crippen molar-refractivity contribution in [3.8, 4) is 0 Å². The molecule has 1 aromatic rings. The average Bonchev–Trinajstić information content (AvgIpc) is 2.33. The maximum absolute atomic E-state index is 5.01. The largest absolute Gasteiger partial charge is 0.383 e. The topological polar surface area (TPSA) is 21.3 Å².